The zero-order chi connectivity index (χ0) is 20.8. The van der Waals surface area contributed by atoms with Crippen molar-refractivity contribution < 1.29 is 4.74 Å². The van der Waals surface area contributed by atoms with E-state index in [4.69, 9.17) is 4.74 Å². The lowest BCUT2D eigenvalue weighted by molar-refractivity contribution is 0.122. The van der Waals surface area contributed by atoms with Crippen LogP contribution in [0, 0.1) is 0 Å². The van der Waals surface area contributed by atoms with Crippen LogP contribution in [0.3, 0.4) is 0 Å². The molecule has 1 aliphatic rings. The topological polar surface area (TPSA) is 79.9 Å². The van der Waals surface area contributed by atoms with Crippen LogP contribution >= 0.6 is 0 Å². The summed E-state index contributed by atoms with van der Waals surface area (Å²) in [5, 5.41) is 7.76. The molecule has 0 atom stereocenters. The van der Waals surface area contributed by atoms with Crippen molar-refractivity contribution in [2.45, 2.75) is 13.3 Å². The standard InChI is InChI=1S/C22H25N7O/c1-3-4-9-23-16-17(2)20-21-26-22(27-29(21)11-10-24-20)25-18-5-7-19(8-6-18)28-12-14-30-15-13-28/h4-11,16H,2-3,12-15H2,1H3,(H,25,27). The molecule has 1 saturated heterocycles. The van der Waals surface area contributed by atoms with Crippen molar-refractivity contribution in [3.8, 4) is 0 Å². The van der Waals surface area contributed by atoms with Gasteiger partial charge in [-0.25, -0.2) is 4.52 Å². The Labute approximate surface area is 175 Å². The van der Waals surface area contributed by atoms with Crippen LogP contribution < -0.4 is 10.2 Å². The van der Waals surface area contributed by atoms with Crippen LogP contribution in [0.5, 0.6) is 0 Å². The lowest BCUT2D eigenvalue weighted by atomic mass is 10.2. The lowest BCUT2D eigenvalue weighted by Crippen LogP contribution is -2.36. The molecule has 8 nitrogen and oxygen atoms in total. The van der Waals surface area contributed by atoms with Crippen LogP contribution in [0.15, 0.2) is 60.5 Å². The second-order valence-electron chi connectivity index (χ2n) is 6.85. The molecular formula is C22H25N7O. The molecule has 0 unspecified atom stereocenters. The number of nitrogens with zero attached hydrogens (tertiary/aromatic N) is 6. The van der Waals surface area contributed by atoms with Crippen LogP contribution in [0.1, 0.15) is 19.0 Å². The minimum Gasteiger partial charge on any atom is -0.378 e. The Balaban J connectivity index is 1.50. The van der Waals surface area contributed by atoms with Crippen LogP contribution in [-0.2, 0) is 4.74 Å². The number of nitrogens with one attached hydrogen (secondary N) is 1. The van der Waals surface area contributed by atoms with Crippen LogP contribution in [0.2, 0.25) is 0 Å². The molecule has 3 aromatic rings. The van der Waals surface area contributed by atoms with Gasteiger partial charge < -0.3 is 15.0 Å². The summed E-state index contributed by atoms with van der Waals surface area (Å²) in [6, 6.07) is 8.25. The third kappa shape index (κ3) is 4.55. The Morgan fingerprint density at radius 3 is 2.83 bits per heavy atom. The fourth-order valence-corrected chi connectivity index (χ4v) is 3.16. The molecule has 2 aromatic heterocycles. The summed E-state index contributed by atoms with van der Waals surface area (Å²) in [4.78, 5) is 15.6. The van der Waals surface area contributed by atoms with Gasteiger partial charge in [0.15, 0.2) is 5.65 Å². The number of ether oxygens (including phenoxy) is 1. The lowest BCUT2D eigenvalue weighted by Gasteiger charge is -2.28. The van der Waals surface area contributed by atoms with Crippen LogP contribution in [0.4, 0.5) is 17.3 Å². The van der Waals surface area contributed by atoms with E-state index in [0.717, 1.165) is 38.4 Å². The predicted molar refractivity (Wildman–Crippen MR) is 120 cm³/mol. The number of aliphatic imine (C=N–C) groups is 1. The number of allylic oxidation sites excluding steroid dienone is 2. The van der Waals surface area contributed by atoms with Crippen LogP contribution in [-0.4, -0.2) is 52.1 Å². The van der Waals surface area contributed by atoms with E-state index < -0.39 is 0 Å². The number of fused-ring (bicyclic) bond motifs is 1. The molecular weight excluding hydrogens is 378 g/mol. The van der Waals surface area contributed by atoms with Gasteiger partial charge in [0.05, 0.1) is 13.2 Å². The van der Waals surface area contributed by atoms with E-state index in [9.17, 15) is 0 Å². The molecule has 1 aromatic carbocycles. The quantitative estimate of drug-likeness (QED) is 0.606. The maximum Gasteiger partial charge on any atom is 0.247 e. The number of hydrogen-bond acceptors (Lipinski definition) is 7. The highest BCUT2D eigenvalue weighted by molar-refractivity contribution is 6.10. The molecule has 0 spiro atoms. The summed E-state index contributed by atoms with van der Waals surface area (Å²) in [6.45, 7) is 9.49. The smallest absolute Gasteiger partial charge is 0.247 e. The molecule has 154 valence electrons. The highest BCUT2D eigenvalue weighted by atomic mass is 16.5. The Bertz CT molecular complexity index is 1060. The predicted octanol–water partition coefficient (Wildman–Crippen LogP) is 3.71. The fraction of sp³-hybridized carbons (Fsp3) is 0.273. The Kier molecular flexibility index (Phi) is 6.14. The Morgan fingerprint density at radius 2 is 2.07 bits per heavy atom. The normalized spacial score (nSPS) is 14.8. The zero-order valence-electron chi connectivity index (χ0n) is 17.0. The first-order valence-corrected chi connectivity index (χ1v) is 10.0. The van der Waals surface area contributed by atoms with Gasteiger partial charge in [-0.3, -0.25) is 9.98 Å². The first-order valence-electron chi connectivity index (χ1n) is 10.0. The number of hydrogen-bond donors (Lipinski definition) is 1. The van der Waals surface area contributed by atoms with E-state index in [-0.39, 0.29) is 0 Å². The second-order valence-corrected chi connectivity index (χ2v) is 6.85. The summed E-state index contributed by atoms with van der Waals surface area (Å²) in [5.74, 6) is 0.499. The molecule has 0 aliphatic carbocycles. The van der Waals surface area contributed by atoms with E-state index >= 15 is 0 Å². The molecule has 8 heteroatoms. The van der Waals surface area contributed by atoms with E-state index in [2.05, 4.69) is 55.9 Å². The largest absolute Gasteiger partial charge is 0.378 e. The molecule has 30 heavy (non-hydrogen) atoms. The molecule has 0 saturated carbocycles. The highest BCUT2D eigenvalue weighted by Gasteiger charge is 2.13. The summed E-state index contributed by atoms with van der Waals surface area (Å²) >= 11 is 0. The van der Waals surface area contributed by atoms with E-state index in [1.807, 2.05) is 18.2 Å². The molecule has 3 heterocycles. The molecule has 0 amide bonds. The third-order valence-electron chi connectivity index (χ3n) is 4.72. The summed E-state index contributed by atoms with van der Waals surface area (Å²) in [6.07, 6.45) is 9.79. The average molecular weight is 403 g/mol. The molecule has 4 rings (SSSR count). The van der Waals surface area contributed by atoms with Crippen molar-refractivity contribution in [2.24, 2.45) is 4.99 Å². The van der Waals surface area contributed by atoms with Crippen molar-refractivity contribution >= 4 is 34.8 Å². The van der Waals surface area contributed by atoms with Gasteiger partial charge >= 0.3 is 0 Å². The van der Waals surface area contributed by atoms with Gasteiger partial charge in [0.2, 0.25) is 5.95 Å². The summed E-state index contributed by atoms with van der Waals surface area (Å²) in [5.41, 5.74) is 4.05. The van der Waals surface area contributed by atoms with Gasteiger partial charge in [0, 0.05) is 54.8 Å². The van der Waals surface area contributed by atoms with Gasteiger partial charge in [-0.05, 0) is 30.7 Å². The second kappa shape index (κ2) is 9.32. The number of anilines is 3. The van der Waals surface area contributed by atoms with Crippen molar-refractivity contribution in [1.29, 1.82) is 0 Å². The van der Waals surface area contributed by atoms with Gasteiger partial charge in [-0.2, -0.15) is 4.98 Å². The monoisotopic (exact) mass is 403 g/mol. The number of rotatable bonds is 7. The van der Waals surface area contributed by atoms with Crippen molar-refractivity contribution in [1.82, 2.24) is 19.6 Å². The maximum absolute atomic E-state index is 5.42. The van der Waals surface area contributed by atoms with Gasteiger partial charge in [-0.1, -0.05) is 19.6 Å². The van der Waals surface area contributed by atoms with Crippen molar-refractivity contribution in [2.75, 3.05) is 36.5 Å². The Hall–Kier alpha value is -3.52. The Morgan fingerprint density at radius 1 is 1.27 bits per heavy atom. The molecule has 0 bridgehead atoms. The summed E-state index contributed by atoms with van der Waals surface area (Å²) < 4.78 is 7.10. The molecule has 0 radical (unpaired) electrons. The van der Waals surface area contributed by atoms with Gasteiger partial charge in [0.25, 0.3) is 0 Å². The van der Waals surface area contributed by atoms with Gasteiger partial charge in [-0.15, -0.1) is 5.10 Å². The molecule has 1 fully saturated rings. The maximum atomic E-state index is 5.42. The first-order chi connectivity index (χ1) is 14.7. The molecule has 1 N–H and O–H groups in total. The van der Waals surface area contributed by atoms with E-state index in [1.54, 1.807) is 29.3 Å². The third-order valence-corrected chi connectivity index (χ3v) is 4.72. The summed E-state index contributed by atoms with van der Waals surface area (Å²) in [7, 11) is 0. The first kappa shape index (κ1) is 19.8. The zero-order valence-corrected chi connectivity index (χ0v) is 17.0. The van der Waals surface area contributed by atoms with Crippen LogP contribution in [0.25, 0.3) is 11.2 Å². The number of morpholine rings is 1. The minimum absolute atomic E-state index is 0.499. The van der Waals surface area contributed by atoms with Gasteiger partial charge in [0.1, 0.15) is 5.69 Å². The molecule has 1 aliphatic heterocycles. The number of benzene rings is 1. The van der Waals surface area contributed by atoms with Crippen molar-refractivity contribution in [3.05, 3.63) is 61.2 Å². The van der Waals surface area contributed by atoms with E-state index in [1.165, 1.54) is 5.69 Å². The minimum atomic E-state index is 0.499. The average Bonchev–Trinajstić information content (AvgIpc) is 3.20. The highest BCUT2D eigenvalue weighted by Crippen LogP contribution is 2.22. The van der Waals surface area contributed by atoms with Crippen molar-refractivity contribution in [3.63, 3.8) is 0 Å². The fourth-order valence-electron chi connectivity index (χ4n) is 3.16. The SMILES string of the molecule is C=C(C=NC=CCC)c1nccn2nc(Nc3ccc(N4CCOCC4)cc3)nc12. The number of aromatic nitrogens is 4. The van der Waals surface area contributed by atoms with E-state index in [0.29, 0.717) is 22.9 Å².